The Kier molecular flexibility index (Phi) is 5.75. The van der Waals surface area contributed by atoms with Crippen LogP contribution in [0.4, 0.5) is 0 Å². The largest absolute Gasteiger partial charge is 0.480 e. The number of amides is 1. The third-order valence-corrected chi connectivity index (χ3v) is 3.78. The van der Waals surface area contributed by atoms with Crippen LogP contribution in [0.2, 0.25) is 0 Å². The molecule has 0 aliphatic rings. The highest BCUT2D eigenvalue weighted by Gasteiger charge is 2.20. The molecular weight excluding hydrogens is 314 g/mol. The molecule has 2 rings (SSSR count). The average Bonchev–Trinajstić information content (AvgIpc) is 2.82. The van der Waals surface area contributed by atoms with Gasteiger partial charge in [0.1, 0.15) is 13.1 Å². The molecule has 0 fully saturated rings. The number of rotatable bonds is 8. The Morgan fingerprint density at radius 3 is 2.38 bits per heavy atom. The van der Waals surface area contributed by atoms with E-state index in [4.69, 9.17) is 9.84 Å². The Hall–Kier alpha value is -2.61. The molecule has 1 heterocycles. The van der Waals surface area contributed by atoms with Crippen molar-refractivity contribution in [3.05, 3.63) is 34.7 Å². The first-order valence-electron chi connectivity index (χ1n) is 7.66. The minimum Gasteiger partial charge on any atom is -0.480 e. The smallest absolute Gasteiger partial charge is 0.329 e. The van der Waals surface area contributed by atoms with Crippen molar-refractivity contribution in [2.24, 2.45) is 0 Å². The van der Waals surface area contributed by atoms with Gasteiger partial charge in [0.2, 0.25) is 5.91 Å². The maximum absolute atomic E-state index is 12.5. The number of nitrogens with zero attached hydrogens (tertiary/aromatic N) is 3. The number of carbonyl (C=O) groups excluding carboxylic acids is 1. The summed E-state index contributed by atoms with van der Waals surface area (Å²) in [6, 6.07) is 7.21. The Morgan fingerprint density at radius 1 is 1.21 bits per heavy atom. The average molecular weight is 335 g/mol. The molecule has 1 N–H and O–H groups in total. The fourth-order valence-electron chi connectivity index (χ4n) is 2.62. The zero-order chi connectivity index (χ0) is 17.7. The number of aromatic nitrogens is 2. The summed E-state index contributed by atoms with van der Waals surface area (Å²) in [5.74, 6) is -1.54. The monoisotopic (exact) mass is 335 g/mol. The van der Waals surface area contributed by atoms with Gasteiger partial charge in [-0.3, -0.25) is 18.7 Å². The van der Waals surface area contributed by atoms with E-state index in [0.717, 1.165) is 5.52 Å². The number of hydrogen-bond donors (Lipinski definition) is 1. The lowest BCUT2D eigenvalue weighted by molar-refractivity contribution is -0.145. The third kappa shape index (κ3) is 3.65. The molecule has 0 saturated carbocycles. The maximum Gasteiger partial charge on any atom is 0.329 e. The molecule has 0 saturated heterocycles. The number of fused-ring (bicyclic) bond motifs is 1. The van der Waals surface area contributed by atoms with Crippen LogP contribution in [-0.2, 0) is 27.4 Å². The minimum absolute atomic E-state index is 0.156. The Bertz CT molecular complexity index is 793. The molecule has 1 aromatic carbocycles. The number of aryl methyl sites for hydroxylation is 1. The molecule has 8 heteroatoms. The maximum atomic E-state index is 12.5. The van der Waals surface area contributed by atoms with E-state index in [2.05, 4.69) is 0 Å². The highest BCUT2D eigenvalue weighted by atomic mass is 16.5. The molecule has 0 unspecified atom stereocenters. The summed E-state index contributed by atoms with van der Waals surface area (Å²) < 4.78 is 7.87. The van der Waals surface area contributed by atoms with Gasteiger partial charge in [-0.05, 0) is 19.1 Å². The van der Waals surface area contributed by atoms with Crippen molar-refractivity contribution >= 4 is 22.9 Å². The van der Waals surface area contributed by atoms with Crippen molar-refractivity contribution < 1.29 is 19.4 Å². The molecule has 0 aliphatic heterocycles. The first-order valence-corrected chi connectivity index (χ1v) is 7.66. The second-order valence-corrected chi connectivity index (χ2v) is 5.30. The number of carboxylic acids is 1. The second kappa shape index (κ2) is 7.78. The van der Waals surface area contributed by atoms with Gasteiger partial charge in [0, 0.05) is 20.2 Å². The van der Waals surface area contributed by atoms with Gasteiger partial charge in [-0.15, -0.1) is 0 Å². The van der Waals surface area contributed by atoms with Crippen LogP contribution < -0.4 is 5.69 Å². The number of imidazole rings is 1. The van der Waals surface area contributed by atoms with Crippen molar-refractivity contribution in [1.82, 2.24) is 14.0 Å². The molecule has 0 spiro atoms. The molecule has 8 nitrogen and oxygen atoms in total. The normalized spacial score (nSPS) is 10.9. The van der Waals surface area contributed by atoms with E-state index in [1.54, 1.807) is 16.7 Å². The number of para-hydroxylation sites is 2. The van der Waals surface area contributed by atoms with Crippen molar-refractivity contribution in [2.45, 2.75) is 20.0 Å². The quantitative estimate of drug-likeness (QED) is 0.753. The molecule has 1 amide bonds. The molecular formula is C16H21N3O5. The van der Waals surface area contributed by atoms with Gasteiger partial charge in [0.05, 0.1) is 17.6 Å². The summed E-state index contributed by atoms with van der Waals surface area (Å²) in [6.45, 7) is 2.10. The molecule has 0 atom stereocenters. The molecule has 1 aromatic heterocycles. The number of methoxy groups -OCH3 is 1. The van der Waals surface area contributed by atoms with Crippen LogP contribution in [0, 0.1) is 0 Å². The van der Waals surface area contributed by atoms with Gasteiger partial charge in [0.15, 0.2) is 0 Å². The van der Waals surface area contributed by atoms with Crippen LogP contribution >= 0.6 is 0 Å². The highest BCUT2D eigenvalue weighted by Crippen LogP contribution is 2.13. The molecule has 0 aliphatic carbocycles. The zero-order valence-corrected chi connectivity index (χ0v) is 13.8. The molecule has 130 valence electrons. The Balaban J connectivity index is 2.33. The summed E-state index contributed by atoms with van der Waals surface area (Å²) >= 11 is 0. The van der Waals surface area contributed by atoms with Gasteiger partial charge >= 0.3 is 11.7 Å². The number of carboxylic acid groups (broad SMARTS) is 1. The highest BCUT2D eigenvalue weighted by molar-refractivity contribution is 5.83. The predicted molar refractivity (Wildman–Crippen MR) is 88.0 cm³/mol. The lowest BCUT2D eigenvalue weighted by atomic mass is 10.3. The van der Waals surface area contributed by atoms with E-state index in [-0.39, 0.29) is 25.4 Å². The van der Waals surface area contributed by atoms with E-state index in [9.17, 15) is 14.4 Å². The molecule has 0 bridgehead atoms. The van der Waals surface area contributed by atoms with Crippen LogP contribution in [0.5, 0.6) is 0 Å². The van der Waals surface area contributed by atoms with E-state index in [1.807, 2.05) is 19.1 Å². The fraction of sp³-hybridized carbons (Fsp3) is 0.438. The zero-order valence-electron chi connectivity index (χ0n) is 13.8. The van der Waals surface area contributed by atoms with Gasteiger partial charge in [0.25, 0.3) is 0 Å². The molecule has 24 heavy (non-hydrogen) atoms. The molecule has 0 radical (unpaired) electrons. The van der Waals surface area contributed by atoms with E-state index in [1.165, 1.54) is 16.6 Å². The number of carbonyl (C=O) groups is 2. The first-order chi connectivity index (χ1) is 11.5. The van der Waals surface area contributed by atoms with Crippen LogP contribution in [0.25, 0.3) is 11.0 Å². The van der Waals surface area contributed by atoms with Crippen molar-refractivity contribution in [1.29, 1.82) is 0 Å². The second-order valence-electron chi connectivity index (χ2n) is 5.30. The molecule has 2 aromatic rings. The Labute approximate surface area is 138 Å². The van der Waals surface area contributed by atoms with E-state index < -0.39 is 18.4 Å². The standard InChI is InChI=1S/C16H21N3O5/c1-3-18-12-6-4-5-7-13(12)19(16(18)23)10-14(20)17(8-9-24-2)11-15(21)22/h4-7H,3,8-11H2,1-2H3,(H,21,22). The van der Waals surface area contributed by atoms with Gasteiger partial charge in [-0.25, -0.2) is 4.79 Å². The van der Waals surface area contributed by atoms with E-state index in [0.29, 0.717) is 12.1 Å². The topological polar surface area (TPSA) is 93.8 Å². The van der Waals surface area contributed by atoms with E-state index >= 15 is 0 Å². The summed E-state index contributed by atoms with van der Waals surface area (Å²) in [6.07, 6.45) is 0. The fourth-order valence-corrected chi connectivity index (χ4v) is 2.62. The Morgan fingerprint density at radius 2 is 1.83 bits per heavy atom. The third-order valence-electron chi connectivity index (χ3n) is 3.78. The van der Waals surface area contributed by atoms with Crippen LogP contribution in [0.1, 0.15) is 6.92 Å². The van der Waals surface area contributed by atoms with Crippen molar-refractivity contribution in [3.63, 3.8) is 0 Å². The lowest BCUT2D eigenvalue weighted by Crippen LogP contribution is -2.41. The summed E-state index contributed by atoms with van der Waals surface area (Å²) in [7, 11) is 1.47. The van der Waals surface area contributed by atoms with Crippen LogP contribution in [-0.4, -0.2) is 57.8 Å². The summed E-state index contributed by atoms with van der Waals surface area (Å²) in [4.78, 5) is 37.1. The van der Waals surface area contributed by atoms with Gasteiger partial charge in [-0.1, -0.05) is 12.1 Å². The number of hydrogen-bond acceptors (Lipinski definition) is 4. The van der Waals surface area contributed by atoms with Crippen molar-refractivity contribution in [2.75, 3.05) is 26.8 Å². The summed E-state index contributed by atoms with van der Waals surface area (Å²) in [5.41, 5.74) is 1.12. The minimum atomic E-state index is -1.11. The number of aliphatic carboxylic acids is 1. The number of benzene rings is 1. The van der Waals surface area contributed by atoms with Gasteiger partial charge < -0.3 is 14.7 Å². The predicted octanol–water partition coefficient (Wildman–Crippen LogP) is 0.383. The first kappa shape index (κ1) is 17.7. The lowest BCUT2D eigenvalue weighted by Gasteiger charge is -2.20. The van der Waals surface area contributed by atoms with Crippen LogP contribution in [0.3, 0.4) is 0 Å². The van der Waals surface area contributed by atoms with Gasteiger partial charge in [-0.2, -0.15) is 0 Å². The van der Waals surface area contributed by atoms with Crippen LogP contribution in [0.15, 0.2) is 29.1 Å². The number of ether oxygens (including phenoxy) is 1. The SMILES string of the molecule is CCn1c(=O)n(CC(=O)N(CCOC)CC(=O)O)c2ccccc21. The van der Waals surface area contributed by atoms with Crippen molar-refractivity contribution in [3.8, 4) is 0 Å². The summed E-state index contributed by atoms with van der Waals surface area (Å²) in [5, 5.41) is 8.96.